The van der Waals surface area contributed by atoms with Crippen LogP contribution in [0.5, 0.6) is 0 Å². The summed E-state index contributed by atoms with van der Waals surface area (Å²) < 4.78 is 0.881. The van der Waals surface area contributed by atoms with Gasteiger partial charge in [-0.15, -0.1) is 11.3 Å². The second-order valence-electron chi connectivity index (χ2n) is 7.96. The van der Waals surface area contributed by atoms with Gasteiger partial charge in [-0.2, -0.15) is 0 Å². The highest BCUT2D eigenvalue weighted by Gasteiger charge is 2.33. The van der Waals surface area contributed by atoms with Crippen LogP contribution in [-0.4, -0.2) is 59.5 Å². The van der Waals surface area contributed by atoms with E-state index in [-0.39, 0.29) is 42.8 Å². The van der Waals surface area contributed by atoms with Crippen LogP contribution in [-0.2, 0) is 4.79 Å². The summed E-state index contributed by atoms with van der Waals surface area (Å²) in [7, 11) is 0. The molecular weight excluding hydrogens is 482 g/mol. The van der Waals surface area contributed by atoms with Gasteiger partial charge in [-0.3, -0.25) is 14.4 Å². The third-order valence-corrected chi connectivity index (χ3v) is 7.48. The normalized spacial score (nSPS) is 21.1. The first-order valence-electron chi connectivity index (χ1n) is 10.3. The Balaban J connectivity index is 1.45. The van der Waals surface area contributed by atoms with Crippen LogP contribution in [0, 0.1) is 6.92 Å². The summed E-state index contributed by atoms with van der Waals surface area (Å²) in [5.74, 6) is -0.326. The SMILES string of the molecule is Cc1cc(N2CC(NC(=O)c3ccc(Br)s3)CC2=O)ccc1C(=O)N1CCCC1CO. The number of hydrogen-bond acceptors (Lipinski definition) is 5. The molecule has 4 rings (SSSR count). The number of aliphatic hydroxyl groups excluding tert-OH is 1. The van der Waals surface area contributed by atoms with E-state index in [0.29, 0.717) is 23.5 Å². The molecule has 31 heavy (non-hydrogen) atoms. The van der Waals surface area contributed by atoms with E-state index in [2.05, 4.69) is 21.2 Å². The molecule has 2 aliphatic rings. The molecule has 1 aromatic heterocycles. The maximum Gasteiger partial charge on any atom is 0.261 e. The zero-order valence-electron chi connectivity index (χ0n) is 17.1. The van der Waals surface area contributed by atoms with E-state index in [1.165, 1.54) is 11.3 Å². The Morgan fingerprint density at radius 1 is 1.29 bits per heavy atom. The number of thiophene rings is 1. The van der Waals surface area contributed by atoms with Crippen molar-refractivity contribution < 1.29 is 19.5 Å². The van der Waals surface area contributed by atoms with E-state index in [1.807, 2.05) is 19.1 Å². The standard InChI is InChI=1S/C22H24BrN3O4S/c1-13-9-15(4-5-17(13)22(30)25-8-2-3-16(25)12-27)26-11-14(10-20(26)28)24-21(29)18-6-7-19(23)31-18/h4-7,9,14,16,27H,2-3,8,10-12H2,1H3,(H,24,29). The van der Waals surface area contributed by atoms with E-state index in [1.54, 1.807) is 28.0 Å². The Morgan fingerprint density at radius 3 is 2.77 bits per heavy atom. The van der Waals surface area contributed by atoms with E-state index < -0.39 is 0 Å². The number of carbonyl (C=O) groups excluding carboxylic acids is 3. The monoisotopic (exact) mass is 505 g/mol. The average molecular weight is 506 g/mol. The predicted octanol–water partition coefficient (Wildman–Crippen LogP) is 2.95. The van der Waals surface area contributed by atoms with Gasteiger partial charge in [0.1, 0.15) is 0 Å². The van der Waals surface area contributed by atoms with Crippen molar-refractivity contribution in [1.29, 1.82) is 0 Å². The highest BCUT2D eigenvalue weighted by Crippen LogP contribution is 2.27. The third-order valence-electron chi connectivity index (χ3n) is 5.86. The number of anilines is 1. The zero-order chi connectivity index (χ0) is 22.1. The predicted molar refractivity (Wildman–Crippen MR) is 123 cm³/mol. The van der Waals surface area contributed by atoms with Gasteiger partial charge in [0.2, 0.25) is 5.91 Å². The Labute approximate surface area is 193 Å². The van der Waals surface area contributed by atoms with Crippen molar-refractivity contribution in [3.05, 3.63) is 50.1 Å². The Kier molecular flexibility index (Phi) is 6.45. The highest BCUT2D eigenvalue weighted by molar-refractivity contribution is 9.11. The summed E-state index contributed by atoms with van der Waals surface area (Å²) in [6.45, 7) is 2.87. The number of nitrogens with zero attached hydrogens (tertiary/aromatic N) is 2. The molecule has 0 radical (unpaired) electrons. The van der Waals surface area contributed by atoms with Gasteiger partial charge in [0.15, 0.2) is 0 Å². The summed E-state index contributed by atoms with van der Waals surface area (Å²) >= 11 is 4.70. The van der Waals surface area contributed by atoms with Gasteiger partial charge in [0.25, 0.3) is 11.8 Å². The second kappa shape index (κ2) is 9.10. The number of likely N-dealkylation sites (tertiary alicyclic amines) is 1. The topological polar surface area (TPSA) is 90.0 Å². The van der Waals surface area contributed by atoms with Crippen molar-refractivity contribution in [3.8, 4) is 0 Å². The molecule has 2 saturated heterocycles. The number of carbonyl (C=O) groups is 3. The number of aliphatic hydroxyl groups is 1. The van der Waals surface area contributed by atoms with Crippen LogP contribution in [0.1, 0.15) is 44.9 Å². The zero-order valence-corrected chi connectivity index (χ0v) is 19.5. The fraction of sp³-hybridized carbons (Fsp3) is 0.409. The number of rotatable bonds is 5. The summed E-state index contributed by atoms with van der Waals surface area (Å²) in [5.41, 5.74) is 2.09. The van der Waals surface area contributed by atoms with Gasteiger partial charge in [-0.05, 0) is 71.6 Å². The van der Waals surface area contributed by atoms with Crippen molar-refractivity contribution in [2.45, 2.75) is 38.3 Å². The fourth-order valence-corrected chi connectivity index (χ4v) is 5.54. The van der Waals surface area contributed by atoms with Gasteiger partial charge < -0.3 is 20.2 Å². The Morgan fingerprint density at radius 2 is 2.10 bits per heavy atom. The summed E-state index contributed by atoms with van der Waals surface area (Å²) in [6, 6.07) is 8.56. The van der Waals surface area contributed by atoms with E-state index in [9.17, 15) is 19.5 Å². The molecule has 1 aromatic carbocycles. The lowest BCUT2D eigenvalue weighted by molar-refractivity contribution is -0.117. The molecule has 0 spiro atoms. The van der Waals surface area contributed by atoms with Gasteiger partial charge >= 0.3 is 0 Å². The number of amides is 3. The molecular formula is C22H24BrN3O4S. The average Bonchev–Trinajstić information content (AvgIpc) is 3.47. The Bertz CT molecular complexity index is 1020. The molecule has 7 nitrogen and oxygen atoms in total. The van der Waals surface area contributed by atoms with Crippen LogP contribution in [0.15, 0.2) is 34.1 Å². The minimum atomic E-state index is -0.266. The smallest absolute Gasteiger partial charge is 0.261 e. The maximum absolute atomic E-state index is 12.9. The van der Waals surface area contributed by atoms with Gasteiger partial charge in [-0.25, -0.2) is 0 Å². The van der Waals surface area contributed by atoms with Crippen LogP contribution in [0.25, 0.3) is 0 Å². The fourth-order valence-electron chi connectivity index (χ4n) is 4.25. The first-order valence-corrected chi connectivity index (χ1v) is 11.9. The largest absolute Gasteiger partial charge is 0.394 e. The highest BCUT2D eigenvalue weighted by atomic mass is 79.9. The van der Waals surface area contributed by atoms with Gasteiger partial charge in [0.05, 0.1) is 27.4 Å². The molecule has 2 fully saturated rings. The lowest BCUT2D eigenvalue weighted by Gasteiger charge is -2.24. The first kappa shape index (κ1) is 22.0. The van der Waals surface area contributed by atoms with Crippen LogP contribution in [0.4, 0.5) is 5.69 Å². The molecule has 2 aliphatic heterocycles. The molecule has 0 bridgehead atoms. The van der Waals surface area contributed by atoms with Crippen molar-refractivity contribution in [3.63, 3.8) is 0 Å². The minimum Gasteiger partial charge on any atom is -0.394 e. The number of benzene rings is 1. The third kappa shape index (κ3) is 4.53. The van der Waals surface area contributed by atoms with Crippen molar-refractivity contribution in [2.75, 3.05) is 24.6 Å². The lowest BCUT2D eigenvalue weighted by atomic mass is 10.1. The van der Waals surface area contributed by atoms with Crippen LogP contribution < -0.4 is 10.2 Å². The number of aryl methyl sites for hydroxylation is 1. The van der Waals surface area contributed by atoms with Gasteiger partial charge in [-0.1, -0.05) is 0 Å². The maximum atomic E-state index is 12.9. The second-order valence-corrected chi connectivity index (χ2v) is 10.4. The molecule has 2 unspecified atom stereocenters. The Hall–Kier alpha value is -2.23. The number of nitrogens with one attached hydrogen (secondary N) is 1. The molecule has 0 saturated carbocycles. The minimum absolute atomic E-state index is 0.0271. The van der Waals surface area contributed by atoms with Crippen molar-refractivity contribution in [2.24, 2.45) is 0 Å². The summed E-state index contributed by atoms with van der Waals surface area (Å²) in [5, 5.41) is 12.4. The summed E-state index contributed by atoms with van der Waals surface area (Å²) in [6.07, 6.45) is 1.95. The molecule has 3 heterocycles. The molecule has 2 N–H and O–H groups in total. The number of halogens is 1. The van der Waals surface area contributed by atoms with Crippen molar-refractivity contribution >= 4 is 50.7 Å². The number of hydrogen-bond donors (Lipinski definition) is 2. The first-order chi connectivity index (χ1) is 14.9. The van der Waals surface area contributed by atoms with Gasteiger partial charge in [0, 0.05) is 30.8 Å². The molecule has 2 atom stereocenters. The lowest BCUT2D eigenvalue weighted by Crippen LogP contribution is -2.38. The van der Waals surface area contributed by atoms with Crippen LogP contribution in [0.2, 0.25) is 0 Å². The van der Waals surface area contributed by atoms with Crippen molar-refractivity contribution in [1.82, 2.24) is 10.2 Å². The summed E-state index contributed by atoms with van der Waals surface area (Å²) in [4.78, 5) is 41.9. The molecule has 0 aliphatic carbocycles. The quantitative estimate of drug-likeness (QED) is 0.653. The van der Waals surface area contributed by atoms with E-state index in [4.69, 9.17) is 0 Å². The van der Waals surface area contributed by atoms with Crippen LogP contribution >= 0.6 is 27.3 Å². The van der Waals surface area contributed by atoms with E-state index >= 15 is 0 Å². The molecule has 3 amide bonds. The van der Waals surface area contributed by atoms with E-state index in [0.717, 1.165) is 27.9 Å². The molecule has 164 valence electrons. The molecule has 2 aromatic rings. The molecule has 9 heteroatoms. The van der Waals surface area contributed by atoms with Crippen LogP contribution in [0.3, 0.4) is 0 Å².